The van der Waals surface area contributed by atoms with E-state index in [1.54, 1.807) is 0 Å². The number of morpholine rings is 1. The van der Waals surface area contributed by atoms with Gasteiger partial charge in [-0.05, 0) is 12.8 Å². The van der Waals surface area contributed by atoms with Crippen molar-refractivity contribution in [2.75, 3.05) is 52.5 Å². The number of nitrogens with one attached hydrogen (secondary N) is 1. The first-order valence-electron chi connectivity index (χ1n) is 8.19. The van der Waals surface area contributed by atoms with Crippen molar-refractivity contribution in [2.24, 2.45) is 0 Å². The molecule has 2 rings (SSSR count). The molecule has 7 nitrogen and oxygen atoms in total. The molecule has 2 heterocycles. The Kier molecular flexibility index (Phi) is 7.08. The molecule has 2 aliphatic rings. The maximum absolute atomic E-state index is 12.3. The summed E-state index contributed by atoms with van der Waals surface area (Å²) in [7, 11) is 0. The van der Waals surface area contributed by atoms with E-state index in [1.807, 2.05) is 4.90 Å². The molecule has 0 aliphatic carbocycles. The number of nitrogens with zero attached hydrogens (tertiary/aromatic N) is 2. The van der Waals surface area contributed by atoms with Gasteiger partial charge in [0, 0.05) is 58.2 Å². The van der Waals surface area contributed by atoms with Crippen LogP contribution in [-0.4, -0.2) is 85.3 Å². The summed E-state index contributed by atoms with van der Waals surface area (Å²) >= 11 is 0. The fraction of sp³-hybridized carbons (Fsp3) is 0.867. The molecule has 0 aromatic carbocycles. The fourth-order valence-corrected chi connectivity index (χ4v) is 3.04. The van der Waals surface area contributed by atoms with Crippen LogP contribution in [-0.2, 0) is 14.3 Å². The maximum Gasteiger partial charge on any atom is 0.303 e. The summed E-state index contributed by atoms with van der Waals surface area (Å²) in [6, 6.07) is 0.217. The zero-order valence-corrected chi connectivity index (χ0v) is 13.1. The third kappa shape index (κ3) is 5.55. The van der Waals surface area contributed by atoms with E-state index in [9.17, 15) is 9.59 Å². The van der Waals surface area contributed by atoms with Crippen molar-refractivity contribution in [3.05, 3.63) is 0 Å². The second-order valence-corrected chi connectivity index (χ2v) is 5.94. The second-order valence-electron chi connectivity index (χ2n) is 5.94. The minimum absolute atomic E-state index is 0.0657. The van der Waals surface area contributed by atoms with Crippen molar-refractivity contribution in [2.45, 2.75) is 31.7 Å². The molecule has 0 radical (unpaired) electrons. The molecule has 0 saturated carbocycles. The normalized spacial score (nSPS) is 23.5. The molecule has 0 bridgehead atoms. The van der Waals surface area contributed by atoms with Gasteiger partial charge >= 0.3 is 5.97 Å². The number of ether oxygens (including phenoxy) is 1. The maximum atomic E-state index is 12.3. The number of carboxylic acids is 1. The average molecular weight is 313 g/mol. The summed E-state index contributed by atoms with van der Waals surface area (Å²) in [5.74, 6) is -0.744. The molecule has 0 aromatic rings. The lowest BCUT2D eigenvalue weighted by Crippen LogP contribution is -2.54. The van der Waals surface area contributed by atoms with Crippen molar-refractivity contribution in [1.82, 2.24) is 15.1 Å². The number of hydrogen-bond donors (Lipinski definition) is 2. The van der Waals surface area contributed by atoms with Gasteiger partial charge in [-0.25, -0.2) is 0 Å². The Morgan fingerprint density at radius 2 is 1.95 bits per heavy atom. The van der Waals surface area contributed by atoms with Crippen LogP contribution in [0.15, 0.2) is 0 Å². The molecule has 0 spiro atoms. The molecule has 7 heteroatoms. The van der Waals surface area contributed by atoms with E-state index in [1.165, 1.54) is 0 Å². The van der Waals surface area contributed by atoms with Crippen LogP contribution < -0.4 is 5.32 Å². The highest BCUT2D eigenvalue weighted by molar-refractivity contribution is 5.77. The number of rotatable bonds is 7. The Balaban J connectivity index is 1.76. The van der Waals surface area contributed by atoms with Crippen LogP contribution in [0.1, 0.15) is 25.7 Å². The van der Waals surface area contributed by atoms with Crippen LogP contribution in [0.4, 0.5) is 0 Å². The highest BCUT2D eigenvalue weighted by Crippen LogP contribution is 2.12. The number of amides is 1. The third-order valence-electron chi connectivity index (χ3n) is 4.33. The monoisotopic (exact) mass is 313 g/mol. The van der Waals surface area contributed by atoms with E-state index in [4.69, 9.17) is 9.84 Å². The van der Waals surface area contributed by atoms with Crippen molar-refractivity contribution in [1.29, 1.82) is 0 Å². The SMILES string of the molecule is O=C(O)CCCC(=O)N1CCNCC1CCN1CCOCC1. The zero-order chi connectivity index (χ0) is 15.8. The number of carbonyl (C=O) groups is 2. The van der Waals surface area contributed by atoms with Crippen molar-refractivity contribution in [3.8, 4) is 0 Å². The topological polar surface area (TPSA) is 82.1 Å². The molecule has 1 unspecified atom stereocenters. The summed E-state index contributed by atoms with van der Waals surface area (Å²) in [6.45, 7) is 6.86. The molecule has 0 aromatic heterocycles. The number of carboxylic acid groups (broad SMARTS) is 1. The van der Waals surface area contributed by atoms with E-state index in [0.29, 0.717) is 12.8 Å². The summed E-state index contributed by atoms with van der Waals surface area (Å²) in [5.41, 5.74) is 0. The van der Waals surface area contributed by atoms with Crippen molar-refractivity contribution in [3.63, 3.8) is 0 Å². The Bertz CT molecular complexity index is 372. The molecule has 1 amide bonds. The first-order chi connectivity index (χ1) is 10.7. The van der Waals surface area contributed by atoms with Gasteiger partial charge in [0.25, 0.3) is 0 Å². The molecule has 126 valence electrons. The van der Waals surface area contributed by atoms with E-state index < -0.39 is 5.97 Å². The molecule has 2 aliphatic heterocycles. The third-order valence-corrected chi connectivity index (χ3v) is 4.33. The van der Waals surface area contributed by atoms with Crippen LogP contribution in [0.5, 0.6) is 0 Å². The second kappa shape index (κ2) is 9.07. The van der Waals surface area contributed by atoms with E-state index in [-0.39, 0.29) is 18.4 Å². The lowest BCUT2D eigenvalue weighted by Gasteiger charge is -2.38. The number of piperazine rings is 1. The quantitative estimate of drug-likeness (QED) is 0.675. The minimum Gasteiger partial charge on any atom is -0.481 e. The van der Waals surface area contributed by atoms with E-state index in [0.717, 1.165) is 58.9 Å². The molecule has 22 heavy (non-hydrogen) atoms. The summed E-state index contributed by atoms with van der Waals surface area (Å²) < 4.78 is 5.35. The first-order valence-corrected chi connectivity index (χ1v) is 8.19. The lowest BCUT2D eigenvalue weighted by atomic mass is 10.1. The number of hydrogen-bond acceptors (Lipinski definition) is 5. The van der Waals surface area contributed by atoms with Gasteiger partial charge in [-0.15, -0.1) is 0 Å². The predicted octanol–water partition coefficient (Wildman–Crippen LogP) is -0.236. The van der Waals surface area contributed by atoms with Crippen LogP contribution in [0, 0.1) is 0 Å². The Hall–Kier alpha value is -1.18. The molecule has 1 atom stereocenters. The van der Waals surface area contributed by atoms with Gasteiger partial charge in [0.15, 0.2) is 0 Å². The smallest absolute Gasteiger partial charge is 0.303 e. The van der Waals surface area contributed by atoms with Gasteiger partial charge in [-0.3, -0.25) is 14.5 Å². The van der Waals surface area contributed by atoms with E-state index >= 15 is 0 Å². The van der Waals surface area contributed by atoms with Gasteiger partial charge in [-0.1, -0.05) is 0 Å². The van der Waals surface area contributed by atoms with Crippen LogP contribution in [0.25, 0.3) is 0 Å². The van der Waals surface area contributed by atoms with E-state index in [2.05, 4.69) is 10.2 Å². The summed E-state index contributed by atoms with van der Waals surface area (Å²) in [4.78, 5) is 27.2. The molecular formula is C15H27N3O4. The fourth-order valence-electron chi connectivity index (χ4n) is 3.04. The average Bonchev–Trinajstić information content (AvgIpc) is 2.54. The van der Waals surface area contributed by atoms with Crippen LogP contribution in [0.2, 0.25) is 0 Å². The Labute approximate surface area is 131 Å². The minimum atomic E-state index is -0.836. The van der Waals surface area contributed by atoms with Crippen molar-refractivity contribution >= 4 is 11.9 Å². The van der Waals surface area contributed by atoms with Crippen molar-refractivity contribution < 1.29 is 19.4 Å². The van der Waals surface area contributed by atoms with Crippen LogP contribution >= 0.6 is 0 Å². The van der Waals surface area contributed by atoms with Gasteiger partial charge < -0.3 is 20.1 Å². The Morgan fingerprint density at radius 3 is 2.68 bits per heavy atom. The highest BCUT2D eigenvalue weighted by Gasteiger charge is 2.26. The number of carbonyl (C=O) groups excluding carboxylic acids is 1. The van der Waals surface area contributed by atoms with Gasteiger partial charge in [-0.2, -0.15) is 0 Å². The Morgan fingerprint density at radius 1 is 1.18 bits per heavy atom. The van der Waals surface area contributed by atoms with Gasteiger partial charge in [0.1, 0.15) is 0 Å². The molecule has 2 saturated heterocycles. The molecule has 2 fully saturated rings. The summed E-state index contributed by atoms with van der Waals surface area (Å²) in [5, 5.41) is 12.0. The zero-order valence-electron chi connectivity index (χ0n) is 13.1. The first kappa shape index (κ1) is 17.2. The number of aliphatic carboxylic acids is 1. The molecular weight excluding hydrogens is 286 g/mol. The lowest BCUT2D eigenvalue weighted by molar-refractivity contribution is -0.137. The highest BCUT2D eigenvalue weighted by atomic mass is 16.5. The summed E-state index contributed by atoms with van der Waals surface area (Å²) in [6.07, 6.45) is 1.78. The predicted molar refractivity (Wildman–Crippen MR) is 81.7 cm³/mol. The standard InChI is InChI=1S/C15H27N3O4/c19-14(2-1-3-15(20)21)18-7-5-16-12-13(18)4-6-17-8-10-22-11-9-17/h13,16H,1-12H2,(H,20,21). The van der Waals surface area contributed by atoms with Gasteiger partial charge in [0.05, 0.1) is 13.2 Å². The van der Waals surface area contributed by atoms with Gasteiger partial charge in [0.2, 0.25) is 5.91 Å². The largest absolute Gasteiger partial charge is 0.481 e. The van der Waals surface area contributed by atoms with Crippen LogP contribution in [0.3, 0.4) is 0 Å². The molecule has 2 N–H and O–H groups in total.